The lowest BCUT2D eigenvalue weighted by Gasteiger charge is -2.14. The lowest BCUT2D eigenvalue weighted by molar-refractivity contribution is -0.110. The Hall–Kier alpha value is -2.45. The standard InChI is InChI=1S/C21H23NO/c1-16-9-8-10-18(13-16)14-20(19-11-6-5-7-12-19)21(23)17(2)15-22(3)4/h5-14H,2,15H2,1,3-4H3/b20-14-. The zero-order valence-electron chi connectivity index (χ0n) is 14.0. The first-order valence-corrected chi connectivity index (χ1v) is 7.68. The average Bonchev–Trinajstić information content (AvgIpc) is 2.52. The molecule has 0 fully saturated rings. The molecule has 2 nitrogen and oxygen atoms in total. The summed E-state index contributed by atoms with van der Waals surface area (Å²) in [6.45, 7) is 6.57. The summed E-state index contributed by atoms with van der Waals surface area (Å²) in [6.07, 6.45) is 1.95. The highest BCUT2D eigenvalue weighted by molar-refractivity contribution is 6.32. The number of carbonyl (C=O) groups excluding carboxylic acids is 1. The summed E-state index contributed by atoms with van der Waals surface area (Å²) in [7, 11) is 3.87. The van der Waals surface area contributed by atoms with E-state index in [4.69, 9.17) is 0 Å². The van der Waals surface area contributed by atoms with Gasteiger partial charge in [-0.05, 0) is 38.2 Å². The molecule has 0 amide bonds. The zero-order valence-corrected chi connectivity index (χ0v) is 14.0. The Balaban J connectivity index is 2.44. The molecular formula is C21H23NO. The predicted molar refractivity (Wildman–Crippen MR) is 98.2 cm³/mol. The number of carbonyl (C=O) groups is 1. The van der Waals surface area contributed by atoms with Crippen molar-refractivity contribution in [1.29, 1.82) is 0 Å². The van der Waals surface area contributed by atoms with Crippen LogP contribution in [0.2, 0.25) is 0 Å². The van der Waals surface area contributed by atoms with Crippen LogP contribution < -0.4 is 0 Å². The van der Waals surface area contributed by atoms with Gasteiger partial charge in [0.2, 0.25) is 0 Å². The lowest BCUT2D eigenvalue weighted by Crippen LogP contribution is -2.19. The van der Waals surface area contributed by atoms with Crippen molar-refractivity contribution < 1.29 is 4.79 Å². The molecule has 0 radical (unpaired) electrons. The predicted octanol–water partition coefficient (Wildman–Crippen LogP) is 4.22. The lowest BCUT2D eigenvalue weighted by atomic mass is 9.95. The van der Waals surface area contributed by atoms with E-state index >= 15 is 0 Å². The number of ketones is 1. The van der Waals surface area contributed by atoms with E-state index in [1.165, 1.54) is 5.56 Å². The minimum Gasteiger partial charge on any atom is -0.305 e. The van der Waals surface area contributed by atoms with Gasteiger partial charge in [-0.25, -0.2) is 0 Å². The van der Waals surface area contributed by atoms with Crippen molar-refractivity contribution in [3.63, 3.8) is 0 Å². The van der Waals surface area contributed by atoms with Crippen LogP contribution in [-0.2, 0) is 4.79 Å². The van der Waals surface area contributed by atoms with Gasteiger partial charge in [-0.3, -0.25) is 4.79 Å². The number of rotatable bonds is 6. The number of nitrogens with zero attached hydrogens (tertiary/aromatic N) is 1. The van der Waals surface area contributed by atoms with Crippen molar-refractivity contribution in [3.8, 4) is 0 Å². The van der Waals surface area contributed by atoms with Crippen molar-refractivity contribution in [1.82, 2.24) is 4.90 Å². The zero-order chi connectivity index (χ0) is 16.8. The van der Waals surface area contributed by atoms with Crippen LogP contribution in [0.1, 0.15) is 16.7 Å². The van der Waals surface area contributed by atoms with Crippen LogP contribution in [0.25, 0.3) is 11.6 Å². The summed E-state index contributed by atoms with van der Waals surface area (Å²) in [5.41, 5.74) is 4.39. The molecule has 0 aliphatic rings. The van der Waals surface area contributed by atoms with Crippen molar-refractivity contribution >= 4 is 17.4 Å². The summed E-state index contributed by atoms with van der Waals surface area (Å²) >= 11 is 0. The van der Waals surface area contributed by atoms with Crippen molar-refractivity contribution in [3.05, 3.63) is 83.4 Å². The van der Waals surface area contributed by atoms with E-state index in [1.54, 1.807) is 0 Å². The molecule has 23 heavy (non-hydrogen) atoms. The largest absolute Gasteiger partial charge is 0.305 e. The van der Waals surface area contributed by atoms with Gasteiger partial charge in [0.1, 0.15) is 0 Å². The van der Waals surface area contributed by atoms with Crippen LogP contribution >= 0.6 is 0 Å². The summed E-state index contributed by atoms with van der Waals surface area (Å²) in [5, 5.41) is 0. The molecule has 0 N–H and O–H groups in total. The number of Topliss-reactive ketones (excluding diaryl/α,β-unsaturated/α-hetero) is 1. The second-order valence-corrected chi connectivity index (χ2v) is 6.01. The Morgan fingerprint density at radius 2 is 1.78 bits per heavy atom. The first-order valence-electron chi connectivity index (χ1n) is 7.68. The Kier molecular flexibility index (Phi) is 5.67. The van der Waals surface area contributed by atoms with E-state index in [-0.39, 0.29) is 5.78 Å². The minimum atomic E-state index is -0.00796. The fraction of sp³-hybridized carbons (Fsp3) is 0.190. The van der Waals surface area contributed by atoms with E-state index in [2.05, 4.69) is 12.6 Å². The molecule has 0 atom stereocenters. The monoisotopic (exact) mass is 305 g/mol. The molecule has 0 bridgehead atoms. The highest BCUT2D eigenvalue weighted by Gasteiger charge is 2.16. The molecule has 0 aromatic heterocycles. The quantitative estimate of drug-likeness (QED) is 0.588. The van der Waals surface area contributed by atoms with E-state index in [1.807, 2.05) is 80.5 Å². The Morgan fingerprint density at radius 3 is 2.39 bits per heavy atom. The van der Waals surface area contributed by atoms with Crippen LogP contribution in [0.3, 0.4) is 0 Å². The maximum absolute atomic E-state index is 12.9. The summed E-state index contributed by atoms with van der Waals surface area (Å²) < 4.78 is 0. The van der Waals surface area contributed by atoms with Gasteiger partial charge in [0.25, 0.3) is 0 Å². The average molecular weight is 305 g/mol. The molecular weight excluding hydrogens is 282 g/mol. The van der Waals surface area contributed by atoms with E-state index in [0.29, 0.717) is 17.7 Å². The summed E-state index contributed by atoms with van der Waals surface area (Å²) in [6, 6.07) is 17.9. The Bertz CT molecular complexity index is 727. The van der Waals surface area contributed by atoms with Crippen molar-refractivity contribution in [2.24, 2.45) is 0 Å². The van der Waals surface area contributed by atoms with Gasteiger partial charge >= 0.3 is 0 Å². The Morgan fingerprint density at radius 1 is 1.09 bits per heavy atom. The molecule has 2 heteroatoms. The number of aryl methyl sites for hydroxylation is 1. The molecule has 0 saturated heterocycles. The van der Waals surface area contributed by atoms with Crippen LogP contribution in [0.15, 0.2) is 66.7 Å². The third-order valence-electron chi connectivity index (χ3n) is 3.51. The highest BCUT2D eigenvalue weighted by atomic mass is 16.1. The smallest absolute Gasteiger partial charge is 0.190 e. The second-order valence-electron chi connectivity index (χ2n) is 6.01. The first-order chi connectivity index (χ1) is 11.0. The molecule has 0 spiro atoms. The minimum absolute atomic E-state index is 0.00796. The van der Waals surface area contributed by atoms with Crippen LogP contribution in [-0.4, -0.2) is 31.3 Å². The molecule has 0 heterocycles. The molecule has 118 valence electrons. The molecule has 0 aliphatic heterocycles. The SMILES string of the molecule is C=C(CN(C)C)C(=O)/C(=C\c1cccc(C)c1)c1ccccc1. The third-order valence-corrected chi connectivity index (χ3v) is 3.51. The topological polar surface area (TPSA) is 20.3 Å². The van der Waals surface area contributed by atoms with E-state index in [0.717, 1.165) is 11.1 Å². The molecule has 0 unspecified atom stereocenters. The van der Waals surface area contributed by atoms with Crippen molar-refractivity contribution in [2.75, 3.05) is 20.6 Å². The maximum Gasteiger partial charge on any atom is 0.190 e. The number of allylic oxidation sites excluding steroid dienone is 1. The fourth-order valence-electron chi connectivity index (χ4n) is 2.47. The number of hydrogen-bond acceptors (Lipinski definition) is 2. The van der Waals surface area contributed by atoms with E-state index in [9.17, 15) is 4.79 Å². The molecule has 2 aromatic carbocycles. The number of benzene rings is 2. The molecule has 0 aliphatic carbocycles. The van der Waals surface area contributed by atoms with Crippen LogP contribution in [0.5, 0.6) is 0 Å². The van der Waals surface area contributed by atoms with Crippen LogP contribution in [0, 0.1) is 6.92 Å². The first kappa shape index (κ1) is 16.9. The van der Waals surface area contributed by atoms with Gasteiger partial charge in [-0.15, -0.1) is 0 Å². The summed E-state index contributed by atoms with van der Waals surface area (Å²) in [5.74, 6) is -0.00796. The fourth-order valence-corrected chi connectivity index (χ4v) is 2.47. The van der Waals surface area contributed by atoms with Gasteiger partial charge < -0.3 is 4.90 Å². The molecule has 0 saturated carbocycles. The second kappa shape index (κ2) is 7.70. The number of hydrogen-bond donors (Lipinski definition) is 0. The maximum atomic E-state index is 12.9. The van der Waals surface area contributed by atoms with Gasteiger partial charge in [0, 0.05) is 17.7 Å². The van der Waals surface area contributed by atoms with Gasteiger partial charge in [0.15, 0.2) is 5.78 Å². The van der Waals surface area contributed by atoms with Crippen LogP contribution in [0.4, 0.5) is 0 Å². The van der Waals surface area contributed by atoms with Gasteiger partial charge in [-0.1, -0.05) is 66.7 Å². The third kappa shape index (κ3) is 4.76. The van der Waals surface area contributed by atoms with E-state index < -0.39 is 0 Å². The Labute approximate surface area is 138 Å². The van der Waals surface area contributed by atoms with Gasteiger partial charge in [0.05, 0.1) is 0 Å². The highest BCUT2D eigenvalue weighted by Crippen LogP contribution is 2.22. The molecule has 2 aromatic rings. The van der Waals surface area contributed by atoms with Gasteiger partial charge in [-0.2, -0.15) is 0 Å². The number of likely N-dealkylation sites (N-methyl/N-ethyl adjacent to an activating group) is 1. The summed E-state index contributed by atoms with van der Waals surface area (Å²) in [4.78, 5) is 14.8. The normalized spacial score (nSPS) is 11.6. The van der Waals surface area contributed by atoms with Crippen molar-refractivity contribution in [2.45, 2.75) is 6.92 Å². The molecule has 2 rings (SSSR count).